The van der Waals surface area contributed by atoms with Gasteiger partial charge in [0.05, 0.1) is 12.1 Å². The molecule has 1 aromatic rings. The van der Waals surface area contributed by atoms with Gasteiger partial charge >= 0.3 is 11.1 Å². The molecule has 20 heavy (non-hydrogen) atoms. The molecule has 9 heteroatoms. The number of halogens is 1. The van der Waals surface area contributed by atoms with E-state index in [-0.39, 0.29) is 17.6 Å². The monoisotopic (exact) mass is 303 g/mol. The summed E-state index contributed by atoms with van der Waals surface area (Å²) in [5.74, 6) is -0.312. The summed E-state index contributed by atoms with van der Waals surface area (Å²) in [6.45, 7) is 5.87. The van der Waals surface area contributed by atoms with Crippen molar-refractivity contribution in [3.8, 4) is 0 Å². The lowest BCUT2D eigenvalue weighted by Gasteiger charge is -2.34. The van der Waals surface area contributed by atoms with Gasteiger partial charge in [-0.3, -0.25) is 9.47 Å². The summed E-state index contributed by atoms with van der Waals surface area (Å²) >= 11 is 5.85. The fourth-order valence-corrected chi connectivity index (χ4v) is 2.54. The molecule has 1 aromatic heterocycles. The van der Waals surface area contributed by atoms with Gasteiger partial charge in [-0.05, 0) is 28.4 Å². The van der Waals surface area contributed by atoms with Gasteiger partial charge in [0.2, 0.25) is 0 Å². The second-order valence-electron chi connectivity index (χ2n) is 5.28. The molecule has 0 radical (unpaired) electrons. The molecule has 0 spiro atoms. The molecule has 2 N–H and O–H groups in total. The molecule has 2 heterocycles. The average molecular weight is 304 g/mol. The Morgan fingerprint density at radius 1 is 1.55 bits per heavy atom. The summed E-state index contributed by atoms with van der Waals surface area (Å²) in [5, 5.41) is 24.3. The molecule has 1 aliphatic heterocycles. The number of imidazole rings is 1. The van der Waals surface area contributed by atoms with Crippen molar-refractivity contribution >= 4 is 17.4 Å². The van der Waals surface area contributed by atoms with Gasteiger partial charge < -0.3 is 20.5 Å². The molecule has 1 saturated heterocycles. The second kappa shape index (κ2) is 6.04. The van der Waals surface area contributed by atoms with Crippen molar-refractivity contribution in [3.05, 3.63) is 21.6 Å². The van der Waals surface area contributed by atoms with Gasteiger partial charge in [0.1, 0.15) is 6.20 Å². The highest BCUT2D eigenvalue weighted by atomic mass is 35.5. The first-order valence-electron chi connectivity index (χ1n) is 6.40. The normalized spacial score (nSPS) is 19.8. The predicted octanol–water partition coefficient (Wildman–Crippen LogP) is 0.101. The molecule has 8 nitrogen and oxygen atoms in total. The number of hydrogen-bond acceptors (Lipinski definition) is 6. The van der Waals surface area contributed by atoms with Gasteiger partial charge in [0.25, 0.3) is 0 Å². The third kappa shape index (κ3) is 3.89. The summed E-state index contributed by atoms with van der Waals surface area (Å²) in [4.78, 5) is 15.8. The molecular weight excluding hydrogens is 286 g/mol. The van der Waals surface area contributed by atoms with Crippen LogP contribution in [0.3, 0.4) is 0 Å². The molecule has 1 atom stereocenters. The third-order valence-electron chi connectivity index (χ3n) is 3.19. The zero-order valence-electron chi connectivity index (χ0n) is 11.3. The maximum absolute atomic E-state index is 10.6. The average Bonchev–Trinajstić information content (AvgIpc) is 2.71. The zero-order chi connectivity index (χ0) is 14.8. The summed E-state index contributed by atoms with van der Waals surface area (Å²) in [7, 11) is 0. The fourth-order valence-electron chi connectivity index (χ4n) is 2.35. The Balaban J connectivity index is 2.01. The number of piperazine rings is 1. The Kier molecular flexibility index (Phi) is 4.59. The van der Waals surface area contributed by atoms with Crippen LogP contribution in [-0.2, 0) is 6.54 Å². The number of hydrogen-bond donors (Lipinski definition) is 2. The molecule has 1 fully saturated rings. The van der Waals surface area contributed by atoms with Gasteiger partial charge in [-0.25, -0.2) is 0 Å². The van der Waals surface area contributed by atoms with E-state index < -0.39 is 10.5 Å². The number of β-amino-alcohol motifs (C(OH)–C–C–N with tert-alkyl or cyclic N) is 1. The largest absolute Gasteiger partial charge is 0.387 e. The molecule has 0 saturated carbocycles. The van der Waals surface area contributed by atoms with Gasteiger partial charge in [0.15, 0.2) is 0 Å². The van der Waals surface area contributed by atoms with E-state index in [0.717, 1.165) is 26.2 Å². The molecular formula is C11H18ClN5O3. The van der Waals surface area contributed by atoms with E-state index in [1.807, 2.05) is 0 Å². The Labute approximate surface area is 121 Å². The van der Waals surface area contributed by atoms with E-state index in [1.165, 1.54) is 10.8 Å². The Morgan fingerprint density at radius 3 is 2.75 bits per heavy atom. The van der Waals surface area contributed by atoms with E-state index in [0.29, 0.717) is 6.54 Å². The van der Waals surface area contributed by atoms with Gasteiger partial charge in [0, 0.05) is 32.7 Å². The third-order valence-corrected chi connectivity index (χ3v) is 3.49. The van der Waals surface area contributed by atoms with Crippen LogP contribution in [0.15, 0.2) is 6.20 Å². The van der Waals surface area contributed by atoms with Crippen molar-refractivity contribution in [2.24, 2.45) is 0 Å². The summed E-state index contributed by atoms with van der Waals surface area (Å²) in [6, 6.07) is 0. The first kappa shape index (κ1) is 15.2. The van der Waals surface area contributed by atoms with E-state index in [1.54, 1.807) is 6.92 Å². The lowest BCUT2D eigenvalue weighted by molar-refractivity contribution is -0.389. The van der Waals surface area contributed by atoms with Gasteiger partial charge in [-0.2, -0.15) is 0 Å². The molecule has 1 aliphatic rings. The molecule has 1 unspecified atom stereocenters. The predicted molar refractivity (Wildman–Crippen MR) is 73.8 cm³/mol. The summed E-state index contributed by atoms with van der Waals surface area (Å²) in [5.41, 5.74) is -1.03. The highest BCUT2D eigenvalue weighted by molar-refractivity contribution is 6.28. The van der Waals surface area contributed by atoms with E-state index in [4.69, 9.17) is 11.6 Å². The van der Waals surface area contributed by atoms with E-state index >= 15 is 0 Å². The Hall–Kier alpha value is -1.22. The SMILES string of the molecule is CC(O)(CN1CCNCC1)Cn1cc([N+](=O)[O-])nc1Cl. The van der Waals surface area contributed by atoms with Crippen molar-refractivity contribution in [2.45, 2.75) is 19.1 Å². The van der Waals surface area contributed by atoms with Crippen LogP contribution < -0.4 is 5.32 Å². The number of aromatic nitrogens is 2. The zero-order valence-corrected chi connectivity index (χ0v) is 12.0. The van der Waals surface area contributed by atoms with Crippen LogP contribution in [0.4, 0.5) is 5.82 Å². The van der Waals surface area contributed by atoms with E-state index in [9.17, 15) is 15.2 Å². The number of nitrogens with one attached hydrogen (secondary N) is 1. The first-order valence-corrected chi connectivity index (χ1v) is 6.78. The van der Waals surface area contributed by atoms with Crippen LogP contribution in [0.1, 0.15) is 6.92 Å². The van der Waals surface area contributed by atoms with Crippen LogP contribution in [0, 0.1) is 10.1 Å². The fraction of sp³-hybridized carbons (Fsp3) is 0.727. The molecule has 0 amide bonds. The standard InChI is InChI=1S/C11H18ClN5O3/c1-11(18,7-15-4-2-13-3-5-15)8-16-6-9(17(19)20)14-10(16)12/h6,13,18H,2-5,7-8H2,1H3. The van der Waals surface area contributed by atoms with Gasteiger partial charge in [-0.1, -0.05) is 0 Å². The summed E-state index contributed by atoms with van der Waals surface area (Å²) in [6.07, 6.45) is 1.24. The molecule has 2 rings (SSSR count). The van der Waals surface area contributed by atoms with Crippen molar-refractivity contribution in [1.29, 1.82) is 0 Å². The number of aliphatic hydroxyl groups is 1. The minimum atomic E-state index is -1.03. The molecule has 0 aromatic carbocycles. The van der Waals surface area contributed by atoms with Crippen LogP contribution >= 0.6 is 11.6 Å². The molecule has 112 valence electrons. The summed E-state index contributed by atoms with van der Waals surface area (Å²) < 4.78 is 1.40. The Bertz CT molecular complexity index is 484. The number of rotatable bonds is 5. The first-order chi connectivity index (χ1) is 9.37. The van der Waals surface area contributed by atoms with Crippen molar-refractivity contribution < 1.29 is 10.0 Å². The Morgan fingerprint density at radius 2 is 2.20 bits per heavy atom. The van der Waals surface area contributed by atoms with Crippen LogP contribution in [0.25, 0.3) is 0 Å². The van der Waals surface area contributed by atoms with Crippen LogP contribution in [0.5, 0.6) is 0 Å². The van der Waals surface area contributed by atoms with Crippen LogP contribution in [0.2, 0.25) is 5.28 Å². The van der Waals surface area contributed by atoms with Crippen molar-refractivity contribution in [3.63, 3.8) is 0 Å². The van der Waals surface area contributed by atoms with Crippen molar-refractivity contribution in [2.75, 3.05) is 32.7 Å². The minimum absolute atomic E-state index is 0.0114. The molecule has 0 bridgehead atoms. The highest BCUT2D eigenvalue weighted by Gasteiger charge is 2.28. The van der Waals surface area contributed by atoms with Crippen LogP contribution in [-0.4, -0.2) is 62.8 Å². The van der Waals surface area contributed by atoms with E-state index in [2.05, 4.69) is 15.2 Å². The highest BCUT2D eigenvalue weighted by Crippen LogP contribution is 2.19. The topological polar surface area (TPSA) is 96.5 Å². The minimum Gasteiger partial charge on any atom is -0.387 e. The maximum Gasteiger partial charge on any atom is 0.383 e. The number of nitrogens with zero attached hydrogens (tertiary/aromatic N) is 4. The lowest BCUT2D eigenvalue weighted by Crippen LogP contribution is -2.50. The maximum atomic E-state index is 10.6. The van der Waals surface area contributed by atoms with Gasteiger partial charge in [-0.15, -0.1) is 0 Å². The number of nitro groups is 1. The molecule has 0 aliphatic carbocycles. The quantitative estimate of drug-likeness (QED) is 0.591. The second-order valence-corrected chi connectivity index (χ2v) is 5.61. The lowest BCUT2D eigenvalue weighted by atomic mass is 10.1. The van der Waals surface area contributed by atoms with Crippen molar-refractivity contribution in [1.82, 2.24) is 19.8 Å². The smallest absolute Gasteiger partial charge is 0.383 e.